The number of nitrogens with two attached hydrogens (primary N) is 1. The maximum absolute atomic E-state index is 5.72. The van der Waals surface area contributed by atoms with Crippen molar-refractivity contribution in [2.24, 2.45) is 11.7 Å². The van der Waals surface area contributed by atoms with Gasteiger partial charge in [-0.15, -0.1) is 0 Å². The molecule has 84 valence electrons. The maximum atomic E-state index is 5.72. The Bertz CT molecular complexity index is 152. The van der Waals surface area contributed by atoms with Crippen LogP contribution < -0.4 is 5.73 Å². The molecule has 1 aliphatic rings. The first-order valence-corrected chi connectivity index (χ1v) is 5.74. The number of hydrogen-bond acceptors (Lipinski definition) is 3. The summed E-state index contributed by atoms with van der Waals surface area (Å²) in [7, 11) is 1.78. The molecule has 1 fully saturated rings. The van der Waals surface area contributed by atoms with Gasteiger partial charge in [-0.05, 0) is 38.3 Å². The van der Waals surface area contributed by atoms with Gasteiger partial charge in [-0.25, -0.2) is 0 Å². The van der Waals surface area contributed by atoms with Gasteiger partial charge in [0.05, 0.1) is 6.61 Å². The normalized spacial score (nSPS) is 26.4. The molecule has 1 aliphatic heterocycles. The molecule has 2 N–H and O–H groups in total. The highest BCUT2D eigenvalue weighted by Gasteiger charge is 2.23. The molecule has 0 aromatic carbocycles. The van der Waals surface area contributed by atoms with Crippen LogP contribution in [0.25, 0.3) is 0 Å². The van der Waals surface area contributed by atoms with E-state index in [1.54, 1.807) is 7.11 Å². The summed E-state index contributed by atoms with van der Waals surface area (Å²) in [6.07, 6.45) is 3.77. The molecule has 0 aromatic rings. The van der Waals surface area contributed by atoms with Gasteiger partial charge in [-0.3, -0.25) is 4.90 Å². The fourth-order valence-corrected chi connectivity index (χ4v) is 2.30. The van der Waals surface area contributed by atoms with Crippen molar-refractivity contribution in [3.8, 4) is 0 Å². The lowest BCUT2D eigenvalue weighted by Gasteiger charge is -2.37. The van der Waals surface area contributed by atoms with Gasteiger partial charge in [0.1, 0.15) is 0 Å². The van der Waals surface area contributed by atoms with Crippen molar-refractivity contribution in [2.75, 3.05) is 33.4 Å². The summed E-state index contributed by atoms with van der Waals surface area (Å²) in [5, 5.41) is 0. The van der Waals surface area contributed by atoms with Crippen LogP contribution in [-0.2, 0) is 4.74 Å². The first-order chi connectivity index (χ1) is 6.81. The van der Waals surface area contributed by atoms with Crippen LogP contribution >= 0.6 is 0 Å². The SMILES string of the molecule is CCC(COC)N1CCCC(CN)C1. The monoisotopic (exact) mass is 200 g/mol. The number of methoxy groups -OCH3 is 1. The minimum Gasteiger partial charge on any atom is -0.383 e. The summed E-state index contributed by atoms with van der Waals surface area (Å²) in [6, 6.07) is 0.592. The molecule has 0 saturated carbocycles. The van der Waals surface area contributed by atoms with Crippen molar-refractivity contribution in [1.82, 2.24) is 4.90 Å². The second-order valence-corrected chi connectivity index (χ2v) is 4.26. The first kappa shape index (κ1) is 12.0. The lowest BCUT2D eigenvalue weighted by atomic mass is 9.96. The Kier molecular flexibility index (Phi) is 5.45. The average molecular weight is 200 g/mol. The van der Waals surface area contributed by atoms with Crippen LogP contribution in [0.3, 0.4) is 0 Å². The quantitative estimate of drug-likeness (QED) is 0.722. The summed E-state index contributed by atoms with van der Waals surface area (Å²) >= 11 is 0. The van der Waals surface area contributed by atoms with E-state index in [0.29, 0.717) is 12.0 Å². The second kappa shape index (κ2) is 6.38. The van der Waals surface area contributed by atoms with E-state index < -0.39 is 0 Å². The molecular weight excluding hydrogens is 176 g/mol. The predicted molar refractivity (Wildman–Crippen MR) is 59.3 cm³/mol. The van der Waals surface area contributed by atoms with E-state index in [-0.39, 0.29) is 0 Å². The molecule has 0 radical (unpaired) electrons. The average Bonchev–Trinajstić information content (AvgIpc) is 2.26. The first-order valence-electron chi connectivity index (χ1n) is 5.74. The molecule has 0 aromatic heterocycles. The molecule has 1 heterocycles. The van der Waals surface area contributed by atoms with Crippen molar-refractivity contribution in [3.63, 3.8) is 0 Å². The molecule has 3 heteroatoms. The molecule has 1 saturated heterocycles. The van der Waals surface area contributed by atoms with Crippen molar-refractivity contribution in [1.29, 1.82) is 0 Å². The van der Waals surface area contributed by atoms with E-state index in [2.05, 4.69) is 11.8 Å². The largest absolute Gasteiger partial charge is 0.383 e. The highest BCUT2D eigenvalue weighted by Crippen LogP contribution is 2.18. The molecular formula is C11H24N2O. The molecule has 1 rings (SSSR count). The van der Waals surface area contributed by atoms with Gasteiger partial charge in [0.2, 0.25) is 0 Å². The fraction of sp³-hybridized carbons (Fsp3) is 1.00. The Labute approximate surface area is 87.6 Å². The van der Waals surface area contributed by atoms with Gasteiger partial charge in [0, 0.05) is 19.7 Å². The Hall–Kier alpha value is -0.120. The van der Waals surface area contributed by atoms with Crippen molar-refractivity contribution >= 4 is 0 Å². The summed E-state index contributed by atoms with van der Waals surface area (Å²) < 4.78 is 5.24. The molecule has 2 atom stereocenters. The van der Waals surface area contributed by atoms with Crippen molar-refractivity contribution in [3.05, 3.63) is 0 Å². The molecule has 0 bridgehead atoms. The second-order valence-electron chi connectivity index (χ2n) is 4.26. The van der Waals surface area contributed by atoms with Crippen LogP contribution in [-0.4, -0.2) is 44.3 Å². The minimum absolute atomic E-state index is 0.592. The van der Waals surface area contributed by atoms with Crippen LogP contribution in [0, 0.1) is 5.92 Å². The number of hydrogen-bond donors (Lipinski definition) is 1. The van der Waals surface area contributed by atoms with E-state index in [1.165, 1.54) is 32.4 Å². The topological polar surface area (TPSA) is 38.5 Å². The van der Waals surface area contributed by atoms with Crippen LogP contribution in [0.4, 0.5) is 0 Å². The van der Waals surface area contributed by atoms with Gasteiger partial charge < -0.3 is 10.5 Å². The number of nitrogens with zero attached hydrogens (tertiary/aromatic N) is 1. The summed E-state index contributed by atoms with van der Waals surface area (Å²) in [4.78, 5) is 2.55. The third-order valence-corrected chi connectivity index (χ3v) is 3.23. The Balaban J connectivity index is 2.40. The Morgan fingerprint density at radius 1 is 1.57 bits per heavy atom. The summed E-state index contributed by atoms with van der Waals surface area (Å²) in [6.45, 7) is 6.31. The number of ether oxygens (including phenoxy) is 1. The molecule has 2 unspecified atom stereocenters. The molecule has 14 heavy (non-hydrogen) atoms. The third-order valence-electron chi connectivity index (χ3n) is 3.23. The summed E-state index contributed by atoms with van der Waals surface area (Å²) in [5.41, 5.74) is 5.72. The van der Waals surface area contributed by atoms with Gasteiger partial charge in [0.25, 0.3) is 0 Å². The number of likely N-dealkylation sites (tertiary alicyclic amines) is 1. The van der Waals surface area contributed by atoms with Crippen molar-refractivity contribution < 1.29 is 4.74 Å². The minimum atomic E-state index is 0.592. The standard InChI is InChI=1S/C11H24N2O/c1-3-11(9-14-2)13-6-4-5-10(7-12)8-13/h10-11H,3-9,12H2,1-2H3. The highest BCUT2D eigenvalue weighted by molar-refractivity contribution is 4.78. The van der Waals surface area contributed by atoms with Crippen LogP contribution in [0.2, 0.25) is 0 Å². The number of rotatable bonds is 5. The lowest BCUT2D eigenvalue weighted by molar-refractivity contribution is 0.0589. The predicted octanol–water partition coefficient (Wildman–Crippen LogP) is 1.08. The van der Waals surface area contributed by atoms with Gasteiger partial charge in [-0.1, -0.05) is 6.92 Å². The third kappa shape index (κ3) is 3.23. The lowest BCUT2D eigenvalue weighted by Crippen LogP contribution is -2.46. The van der Waals surface area contributed by atoms with E-state index in [1.807, 2.05) is 0 Å². The maximum Gasteiger partial charge on any atom is 0.0617 e. The Morgan fingerprint density at radius 2 is 2.36 bits per heavy atom. The number of piperidine rings is 1. The molecule has 0 amide bonds. The smallest absolute Gasteiger partial charge is 0.0617 e. The van der Waals surface area contributed by atoms with Crippen LogP contribution in [0.15, 0.2) is 0 Å². The summed E-state index contributed by atoms with van der Waals surface area (Å²) in [5.74, 6) is 0.703. The van der Waals surface area contributed by atoms with E-state index in [0.717, 1.165) is 13.2 Å². The zero-order chi connectivity index (χ0) is 10.4. The van der Waals surface area contributed by atoms with Gasteiger partial charge >= 0.3 is 0 Å². The molecule has 3 nitrogen and oxygen atoms in total. The fourth-order valence-electron chi connectivity index (χ4n) is 2.30. The molecule has 0 spiro atoms. The zero-order valence-corrected chi connectivity index (χ0v) is 9.54. The van der Waals surface area contributed by atoms with Crippen LogP contribution in [0.1, 0.15) is 26.2 Å². The zero-order valence-electron chi connectivity index (χ0n) is 9.54. The Morgan fingerprint density at radius 3 is 2.93 bits per heavy atom. The van der Waals surface area contributed by atoms with E-state index in [9.17, 15) is 0 Å². The van der Waals surface area contributed by atoms with Crippen LogP contribution in [0.5, 0.6) is 0 Å². The van der Waals surface area contributed by atoms with E-state index >= 15 is 0 Å². The van der Waals surface area contributed by atoms with Gasteiger partial charge in [-0.2, -0.15) is 0 Å². The highest BCUT2D eigenvalue weighted by atomic mass is 16.5. The van der Waals surface area contributed by atoms with E-state index in [4.69, 9.17) is 10.5 Å². The van der Waals surface area contributed by atoms with Gasteiger partial charge in [0.15, 0.2) is 0 Å². The molecule has 0 aliphatic carbocycles. The van der Waals surface area contributed by atoms with Crippen molar-refractivity contribution in [2.45, 2.75) is 32.2 Å².